The molecule has 0 bridgehead atoms. The molecule has 0 radical (unpaired) electrons. The van der Waals surface area contributed by atoms with Crippen LogP contribution >= 0.6 is 0 Å². The van der Waals surface area contributed by atoms with Gasteiger partial charge in [-0.25, -0.2) is 0 Å². The third kappa shape index (κ3) is 4.54. The fourth-order valence-electron chi connectivity index (χ4n) is 1.98. The largest absolute Gasteiger partial charge is 0.371 e. The molecule has 0 amide bonds. The monoisotopic (exact) mass is 244 g/mol. The van der Waals surface area contributed by atoms with E-state index in [1.807, 2.05) is 0 Å². The Morgan fingerprint density at radius 1 is 1.12 bits per heavy atom. The molecular formula is C13H24O4. The van der Waals surface area contributed by atoms with Crippen LogP contribution in [0.5, 0.6) is 0 Å². The third-order valence-electron chi connectivity index (χ3n) is 3.20. The third-order valence-corrected chi connectivity index (χ3v) is 3.20. The first kappa shape index (κ1) is 13.3. The SMILES string of the molecule is CCCC(C)(C)C(OCC1CO1)OCC1CO1. The number of ether oxygens (including phenoxy) is 4. The summed E-state index contributed by atoms with van der Waals surface area (Å²) in [4.78, 5) is 0. The van der Waals surface area contributed by atoms with Crippen molar-refractivity contribution in [1.82, 2.24) is 0 Å². The standard InChI is InChI=1S/C13H24O4/c1-4-5-13(2,3)12(16-8-10-6-14-10)17-9-11-7-15-11/h10-12H,4-9H2,1-3H3. The van der Waals surface area contributed by atoms with Crippen LogP contribution in [0.1, 0.15) is 33.6 Å². The van der Waals surface area contributed by atoms with Crippen molar-refractivity contribution in [3.63, 3.8) is 0 Å². The van der Waals surface area contributed by atoms with Crippen molar-refractivity contribution in [1.29, 1.82) is 0 Å². The van der Waals surface area contributed by atoms with Crippen molar-refractivity contribution in [2.75, 3.05) is 26.4 Å². The summed E-state index contributed by atoms with van der Waals surface area (Å²) < 4.78 is 22.0. The van der Waals surface area contributed by atoms with E-state index >= 15 is 0 Å². The highest BCUT2D eigenvalue weighted by Gasteiger charge is 2.35. The zero-order chi connectivity index (χ0) is 12.3. The summed E-state index contributed by atoms with van der Waals surface area (Å²) >= 11 is 0. The molecule has 2 unspecified atom stereocenters. The van der Waals surface area contributed by atoms with Crippen LogP contribution < -0.4 is 0 Å². The molecule has 2 saturated heterocycles. The lowest BCUT2D eigenvalue weighted by Gasteiger charge is -2.33. The van der Waals surface area contributed by atoms with Gasteiger partial charge in [-0.3, -0.25) is 0 Å². The highest BCUT2D eigenvalue weighted by atomic mass is 16.7. The Balaban J connectivity index is 1.78. The summed E-state index contributed by atoms with van der Waals surface area (Å²) in [5.74, 6) is 0. The van der Waals surface area contributed by atoms with Gasteiger partial charge in [0.2, 0.25) is 0 Å². The van der Waals surface area contributed by atoms with Gasteiger partial charge in [0.25, 0.3) is 0 Å². The normalized spacial score (nSPS) is 29.1. The average Bonchev–Trinajstić information content (AvgIpc) is 3.13. The number of epoxide rings is 2. The van der Waals surface area contributed by atoms with Gasteiger partial charge < -0.3 is 18.9 Å². The first-order chi connectivity index (χ1) is 8.12. The number of hydrogen-bond donors (Lipinski definition) is 0. The second-order valence-corrected chi connectivity index (χ2v) is 5.65. The lowest BCUT2D eigenvalue weighted by Crippen LogP contribution is -2.36. The predicted molar refractivity (Wildman–Crippen MR) is 63.9 cm³/mol. The molecule has 0 N–H and O–H groups in total. The van der Waals surface area contributed by atoms with Crippen LogP contribution in [0.15, 0.2) is 0 Å². The van der Waals surface area contributed by atoms with Crippen LogP contribution in [0.4, 0.5) is 0 Å². The zero-order valence-corrected chi connectivity index (χ0v) is 11.1. The summed E-state index contributed by atoms with van der Waals surface area (Å²) in [6.45, 7) is 9.52. The first-order valence-electron chi connectivity index (χ1n) is 6.58. The Morgan fingerprint density at radius 2 is 1.59 bits per heavy atom. The van der Waals surface area contributed by atoms with Crippen molar-refractivity contribution < 1.29 is 18.9 Å². The summed E-state index contributed by atoms with van der Waals surface area (Å²) in [5.41, 5.74) is 0.0402. The molecule has 0 aromatic heterocycles. The molecule has 2 atom stereocenters. The zero-order valence-electron chi connectivity index (χ0n) is 11.1. The molecule has 17 heavy (non-hydrogen) atoms. The Kier molecular flexibility index (Phi) is 4.42. The van der Waals surface area contributed by atoms with Gasteiger partial charge in [0.15, 0.2) is 6.29 Å². The van der Waals surface area contributed by atoms with Crippen molar-refractivity contribution in [2.24, 2.45) is 5.41 Å². The highest BCUT2D eigenvalue weighted by molar-refractivity contribution is 4.77. The van der Waals surface area contributed by atoms with Crippen LogP contribution in [-0.4, -0.2) is 44.9 Å². The number of rotatable bonds is 9. The van der Waals surface area contributed by atoms with Crippen LogP contribution in [0.25, 0.3) is 0 Å². The Hall–Kier alpha value is -0.160. The molecule has 2 rings (SSSR count). The van der Waals surface area contributed by atoms with E-state index in [1.165, 1.54) is 0 Å². The minimum absolute atomic E-state index is 0.0402. The first-order valence-corrected chi connectivity index (χ1v) is 6.58. The summed E-state index contributed by atoms with van der Waals surface area (Å²) in [6.07, 6.45) is 2.65. The molecule has 4 heteroatoms. The van der Waals surface area contributed by atoms with E-state index < -0.39 is 0 Å². The molecule has 0 saturated carbocycles. The molecule has 2 aliphatic heterocycles. The second-order valence-electron chi connectivity index (χ2n) is 5.65. The Morgan fingerprint density at radius 3 is 1.94 bits per heavy atom. The van der Waals surface area contributed by atoms with Crippen molar-refractivity contribution in [3.8, 4) is 0 Å². The maximum absolute atomic E-state index is 5.86. The predicted octanol–water partition coefficient (Wildman–Crippen LogP) is 1.97. The summed E-state index contributed by atoms with van der Waals surface area (Å²) in [7, 11) is 0. The maximum atomic E-state index is 5.86. The van der Waals surface area contributed by atoms with E-state index in [0.29, 0.717) is 13.2 Å². The van der Waals surface area contributed by atoms with Crippen molar-refractivity contribution >= 4 is 0 Å². The lowest BCUT2D eigenvalue weighted by molar-refractivity contribution is -0.204. The fourth-order valence-corrected chi connectivity index (χ4v) is 1.98. The van der Waals surface area contributed by atoms with Gasteiger partial charge in [0.05, 0.1) is 26.4 Å². The fraction of sp³-hybridized carbons (Fsp3) is 1.00. The van der Waals surface area contributed by atoms with Crippen LogP contribution in [-0.2, 0) is 18.9 Å². The van der Waals surface area contributed by atoms with E-state index in [0.717, 1.165) is 26.1 Å². The van der Waals surface area contributed by atoms with E-state index in [2.05, 4.69) is 20.8 Å². The van der Waals surface area contributed by atoms with Gasteiger partial charge in [0.1, 0.15) is 12.2 Å². The van der Waals surface area contributed by atoms with Gasteiger partial charge in [0, 0.05) is 5.41 Å². The van der Waals surface area contributed by atoms with Crippen molar-refractivity contribution in [2.45, 2.75) is 52.1 Å². The van der Waals surface area contributed by atoms with Crippen molar-refractivity contribution in [3.05, 3.63) is 0 Å². The Bertz CT molecular complexity index is 218. The molecule has 2 heterocycles. The molecule has 0 aliphatic carbocycles. The smallest absolute Gasteiger partial charge is 0.162 e. The summed E-state index contributed by atoms with van der Waals surface area (Å²) in [6, 6.07) is 0. The van der Waals surface area contributed by atoms with Gasteiger partial charge in [-0.1, -0.05) is 27.2 Å². The topological polar surface area (TPSA) is 43.5 Å². The highest BCUT2D eigenvalue weighted by Crippen LogP contribution is 2.31. The van der Waals surface area contributed by atoms with Crippen LogP contribution in [0.3, 0.4) is 0 Å². The van der Waals surface area contributed by atoms with Gasteiger partial charge in [-0.05, 0) is 6.42 Å². The quantitative estimate of drug-likeness (QED) is 0.459. The number of hydrogen-bond acceptors (Lipinski definition) is 4. The Labute approximate surface area is 104 Å². The molecule has 0 aromatic carbocycles. The van der Waals surface area contributed by atoms with E-state index in [1.54, 1.807) is 0 Å². The molecule has 0 spiro atoms. The van der Waals surface area contributed by atoms with Crippen LogP contribution in [0.2, 0.25) is 0 Å². The van der Waals surface area contributed by atoms with E-state index in [9.17, 15) is 0 Å². The molecule has 0 aromatic rings. The minimum atomic E-state index is -0.157. The minimum Gasteiger partial charge on any atom is -0.371 e. The molecule has 2 aliphatic rings. The molecular weight excluding hydrogens is 220 g/mol. The van der Waals surface area contributed by atoms with Gasteiger partial charge in [-0.2, -0.15) is 0 Å². The molecule has 100 valence electrons. The average molecular weight is 244 g/mol. The molecule has 4 nitrogen and oxygen atoms in total. The van der Waals surface area contributed by atoms with Crippen LogP contribution in [0, 0.1) is 5.41 Å². The van der Waals surface area contributed by atoms with Gasteiger partial charge >= 0.3 is 0 Å². The van der Waals surface area contributed by atoms with Gasteiger partial charge in [-0.15, -0.1) is 0 Å². The lowest BCUT2D eigenvalue weighted by atomic mass is 9.87. The second kappa shape index (κ2) is 5.65. The van der Waals surface area contributed by atoms with E-state index in [4.69, 9.17) is 18.9 Å². The maximum Gasteiger partial charge on any atom is 0.162 e. The van der Waals surface area contributed by atoms with E-state index in [-0.39, 0.29) is 23.9 Å². The summed E-state index contributed by atoms with van der Waals surface area (Å²) in [5, 5.41) is 0. The molecule has 2 fully saturated rings.